The molecule has 0 bridgehead atoms. The first kappa shape index (κ1) is 15.0. The van der Waals surface area contributed by atoms with Gasteiger partial charge in [0.2, 0.25) is 0 Å². The van der Waals surface area contributed by atoms with Crippen LogP contribution in [0, 0.1) is 0 Å². The average Bonchev–Trinajstić information content (AvgIpc) is 2.27. The molecule has 0 heterocycles. The smallest absolute Gasteiger partial charge is 0.305 e. The topological polar surface area (TPSA) is 12.0 Å². The fourth-order valence-electron chi connectivity index (χ4n) is 1.90. The fraction of sp³-hybridized carbons (Fsp3) is 0.571. The van der Waals surface area contributed by atoms with Crippen molar-refractivity contribution in [2.24, 2.45) is 0 Å². The third-order valence-corrected chi connectivity index (χ3v) is 3.22. The molecule has 102 valence electrons. The highest BCUT2D eigenvalue weighted by Crippen LogP contribution is 2.34. The molecule has 1 rings (SSSR count). The molecule has 1 aromatic carbocycles. The average molecular weight is 259 g/mol. The Morgan fingerprint density at radius 1 is 1.17 bits per heavy atom. The summed E-state index contributed by atoms with van der Waals surface area (Å²) in [5.41, 5.74) is -0.443. The van der Waals surface area contributed by atoms with Crippen LogP contribution in [0.4, 0.5) is 13.2 Å². The second kappa shape index (κ2) is 5.31. The zero-order valence-electron chi connectivity index (χ0n) is 11.2. The summed E-state index contributed by atoms with van der Waals surface area (Å²) in [6.45, 7) is 7.75. The Labute approximate surface area is 106 Å². The monoisotopic (exact) mass is 259 g/mol. The third kappa shape index (κ3) is 3.73. The molecular weight excluding hydrogens is 239 g/mol. The Bertz CT molecular complexity index is 396. The molecule has 1 N–H and O–H groups in total. The SMILES string of the molecule is CCC(C)(C)NC(C)c1ccccc1C(F)(F)F. The van der Waals surface area contributed by atoms with Crippen LogP contribution in [0.3, 0.4) is 0 Å². The Hall–Kier alpha value is -1.03. The summed E-state index contributed by atoms with van der Waals surface area (Å²) in [5.74, 6) is 0. The fourth-order valence-corrected chi connectivity index (χ4v) is 1.90. The number of hydrogen-bond acceptors (Lipinski definition) is 1. The van der Waals surface area contributed by atoms with Crippen LogP contribution in [-0.4, -0.2) is 5.54 Å². The van der Waals surface area contributed by atoms with Crippen molar-refractivity contribution in [2.75, 3.05) is 0 Å². The van der Waals surface area contributed by atoms with Crippen molar-refractivity contribution in [3.05, 3.63) is 35.4 Å². The van der Waals surface area contributed by atoms with Crippen molar-refractivity contribution in [2.45, 2.75) is 51.9 Å². The van der Waals surface area contributed by atoms with Gasteiger partial charge < -0.3 is 5.32 Å². The highest BCUT2D eigenvalue weighted by atomic mass is 19.4. The predicted molar refractivity (Wildman–Crippen MR) is 67.4 cm³/mol. The van der Waals surface area contributed by atoms with E-state index in [2.05, 4.69) is 5.32 Å². The van der Waals surface area contributed by atoms with Crippen molar-refractivity contribution in [1.29, 1.82) is 0 Å². The van der Waals surface area contributed by atoms with Crippen molar-refractivity contribution >= 4 is 0 Å². The molecule has 0 radical (unpaired) electrons. The lowest BCUT2D eigenvalue weighted by molar-refractivity contribution is -0.138. The van der Waals surface area contributed by atoms with E-state index in [1.165, 1.54) is 12.1 Å². The van der Waals surface area contributed by atoms with E-state index in [1.54, 1.807) is 13.0 Å². The van der Waals surface area contributed by atoms with E-state index >= 15 is 0 Å². The van der Waals surface area contributed by atoms with Crippen molar-refractivity contribution < 1.29 is 13.2 Å². The van der Waals surface area contributed by atoms with E-state index in [0.29, 0.717) is 5.56 Å². The van der Waals surface area contributed by atoms with Gasteiger partial charge in [-0.05, 0) is 38.8 Å². The number of hydrogen-bond donors (Lipinski definition) is 1. The van der Waals surface area contributed by atoms with Crippen molar-refractivity contribution in [3.63, 3.8) is 0 Å². The van der Waals surface area contributed by atoms with Gasteiger partial charge in [-0.1, -0.05) is 25.1 Å². The number of alkyl halides is 3. The minimum absolute atomic E-state index is 0.182. The summed E-state index contributed by atoms with van der Waals surface area (Å²) >= 11 is 0. The molecule has 0 aliphatic rings. The summed E-state index contributed by atoms with van der Waals surface area (Å²) in [7, 11) is 0. The van der Waals surface area contributed by atoms with Crippen LogP contribution in [-0.2, 0) is 6.18 Å². The van der Waals surface area contributed by atoms with Crippen LogP contribution in [0.15, 0.2) is 24.3 Å². The van der Waals surface area contributed by atoms with E-state index < -0.39 is 11.7 Å². The Kier molecular flexibility index (Phi) is 4.43. The molecule has 0 aliphatic carbocycles. The van der Waals surface area contributed by atoms with Crippen LogP contribution in [0.1, 0.15) is 51.3 Å². The van der Waals surface area contributed by atoms with Gasteiger partial charge in [-0.2, -0.15) is 13.2 Å². The van der Waals surface area contributed by atoms with Crippen LogP contribution in [0.2, 0.25) is 0 Å². The summed E-state index contributed by atoms with van der Waals surface area (Å²) in [6.07, 6.45) is -3.45. The van der Waals surface area contributed by atoms with Gasteiger partial charge in [0.1, 0.15) is 0 Å². The molecule has 0 amide bonds. The molecule has 18 heavy (non-hydrogen) atoms. The third-order valence-electron chi connectivity index (χ3n) is 3.22. The molecule has 0 spiro atoms. The maximum atomic E-state index is 12.9. The molecule has 1 atom stereocenters. The van der Waals surface area contributed by atoms with Crippen LogP contribution in [0.5, 0.6) is 0 Å². The molecule has 0 saturated heterocycles. The highest BCUT2D eigenvalue weighted by Gasteiger charge is 2.34. The second-order valence-corrected chi connectivity index (χ2v) is 5.19. The van der Waals surface area contributed by atoms with Gasteiger partial charge in [-0.15, -0.1) is 0 Å². The first-order chi connectivity index (χ1) is 8.17. The molecule has 0 aromatic heterocycles. The van der Waals surface area contributed by atoms with E-state index in [4.69, 9.17) is 0 Å². The zero-order valence-corrected chi connectivity index (χ0v) is 11.2. The van der Waals surface area contributed by atoms with Crippen LogP contribution < -0.4 is 5.32 Å². The molecule has 1 nitrogen and oxygen atoms in total. The van der Waals surface area contributed by atoms with Gasteiger partial charge in [0, 0.05) is 11.6 Å². The van der Waals surface area contributed by atoms with E-state index in [1.807, 2.05) is 20.8 Å². The Morgan fingerprint density at radius 2 is 1.72 bits per heavy atom. The molecule has 1 aromatic rings. The zero-order chi connectivity index (χ0) is 14.0. The molecule has 0 fully saturated rings. The number of nitrogens with one attached hydrogen (secondary N) is 1. The normalized spacial score (nSPS) is 14.6. The van der Waals surface area contributed by atoms with Gasteiger partial charge in [0.05, 0.1) is 5.56 Å². The van der Waals surface area contributed by atoms with Crippen molar-refractivity contribution in [3.8, 4) is 0 Å². The van der Waals surface area contributed by atoms with Gasteiger partial charge in [-0.25, -0.2) is 0 Å². The lowest BCUT2D eigenvalue weighted by atomic mass is 9.96. The summed E-state index contributed by atoms with van der Waals surface area (Å²) < 4.78 is 38.7. The molecular formula is C14H20F3N. The summed E-state index contributed by atoms with van der Waals surface area (Å²) in [5, 5.41) is 3.23. The minimum Gasteiger partial charge on any atom is -0.305 e. The molecule has 0 aliphatic heterocycles. The maximum Gasteiger partial charge on any atom is 0.416 e. The highest BCUT2D eigenvalue weighted by molar-refractivity contribution is 5.32. The van der Waals surface area contributed by atoms with Gasteiger partial charge in [0.25, 0.3) is 0 Å². The van der Waals surface area contributed by atoms with Crippen molar-refractivity contribution in [1.82, 2.24) is 5.32 Å². The summed E-state index contributed by atoms with van der Waals surface area (Å²) in [4.78, 5) is 0. The predicted octanol–water partition coefficient (Wildman–Crippen LogP) is 4.54. The van der Waals surface area contributed by atoms with Crippen LogP contribution in [0.25, 0.3) is 0 Å². The summed E-state index contributed by atoms with van der Waals surface area (Å²) in [6, 6.07) is 5.39. The van der Waals surface area contributed by atoms with Gasteiger partial charge in [-0.3, -0.25) is 0 Å². The minimum atomic E-state index is -4.30. The second-order valence-electron chi connectivity index (χ2n) is 5.19. The standard InChI is InChI=1S/C14H20F3N/c1-5-13(3,4)18-10(2)11-8-6-7-9-12(11)14(15,16)17/h6-10,18H,5H2,1-4H3. The largest absolute Gasteiger partial charge is 0.416 e. The quantitative estimate of drug-likeness (QED) is 0.836. The van der Waals surface area contributed by atoms with Gasteiger partial charge >= 0.3 is 6.18 Å². The molecule has 1 unspecified atom stereocenters. The Morgan fingerprint density at radius 3 is 2.22 bits per heavy atom. The van der Waals surface area contributed by atoms with E-state index in [0.717, 1.165) is 12.5 Å². The first-order valence-corrected chi connectivity index (χ1v) is 6.11. The number of halogens is 3. The number of rotatable bonds is 4. The molecule has 0 saturated carbocycles. The lowest BCUT2D eigenvalue weighted by Gasteiger charge is -2.30. The van der Waals surface area contributed by atoms with E-state index in [9.17, 15) is 13.2 Å². The first-order valence-electron chi connectivity index (χ1n) is 6.11. The van der Waals surface area contributed by atoms with E-state index in [-0.39, 0.29) is 11.6 Å². The maximum absolute atomic E-state index is 12.9. The van der Waals surface area contributed by atoms with Crippen LogP contribution >= 0.6 is 0 Å². The lowest BCUT2D eigenvalue weighted by Crippen LogP contribution is -2.40. The molecule has 4 heteroatoms. The van der Waals surface area contributed by atoms with Gasteiger partial charge in [0.15, 0.2) is 0 Å². The number of benzene rings is 1. The Balaban J connectivity index is 3.03.